The minimum Gasteiger partial charge on any atom is -0.378 e. The van der Waals surface area contributed by atoms with Crippen LogP contribution < -0.4 is 16.0 Å². The lowest BCUT2D eigenvalue weighted by atomic mass is 10.1. The van der Waals surface area contributed by atoms with Crippen molar-refractivity contribution < 1.29 is 4.79 Å². The number of hydrogen-bond acceptors (Lipinski definition) is 4. The van der Waals surface area contributed by atoms with E-state index >= 15 is 0 Å². The van der Waals surface area contributed by atoms with Gasteiger partial charge in [0.15, 0.2) is 0 Å². The molecule has 3 aromatic rings. The van der Waals surface area contributed by atoms with Gasteiger partial charge in [0.1, 0.15) is 0 Å². The second kappa shape index (κ2) is 7.33. The van der Waals surface area contributed by atoms with Crippen molar-refractivity contribution in [1.82, 2.24) is 4.98 Å². The lowest BCUT2D eigenvalue weighted by molar-refractivity contribution is -0.110. The molecule has 1 amide bonds. The number of nitrogens with zero attached hydrogens (tertiary/aromatic N) is 1. The molecule has 27 heavy (non-hydrogen) atoms. The number of aromatic nitrogens is 1. The number of benzene rings is 2. The largest absolute Gasteiger partial charge is 0.378 e. The first-order valence-electron chi connectivity index (χ1n) is 8.85. The number of para-hydroxylation sites is 1. The zero-order valence-electron chi connectivity index (χ0n) is 14.9. The molecule has 0 bridgehead atoms. The Labute approximate surface area is 158 Å². The fourth-order valence-corrected chi connectivity index (χ4v) is 3.07. The van der Waals surface area contributed by atoms with E-state index in [1.807, 2.05) is 60.8 Å². The predicted molar refractivity (Wildman–Crippen MR) is 109 cm³/mol. The zero-order valence-corrected chi connectivity index (χ0v) is 14.9. The van der Waals surface area contributed by atoms with Gasteiger partial charge in [-0.2, -0.15) is 0 Å². The fourth-order valence-electron chi connectivity index (χ4n) is 3.07. The number of anilines is 3. The van der Waals surface area contributed by atoms with Crippen molar-refractivity contribution in [3.05, 3.63) is 90.4 Å². The predicted octanol–water partition coefficient (Wildman–Crippen LogP) is 4.66. The van der Waals surface area contributed by atoms with Crippen molar-refractivity contribution in [3.63, 3.8) is 0 Å². The number of amides is 1. The van der Waals surface area contributed by atoms with Gasteiger partial charge in [-0.1, -0.05) is 24.3 Å². The van der Waals surface area contributed by atoms with Crippen molar-refractivity contribution in [2.75, 3.05) is 16.0 Å². The first-order chi connectivity index (χ1) is 13.2. The third-order valence-corrected chi connectivity index (χ3v) is 4.55. The van der Waals surface area contributed by atoms with Crippen LogP contribution >= 0.6 is 0 Å². The van der Waals surface area contributed by atoms with Gasteiger partial charge in [-0.25, -0.2) is 0 Å². The van der Waals surface area contributed by atoms with E-state index in [1.54, 1.807) is 12.4 Å². The summed E-state index contributed by atoms with van der Waals surface area (Å²) in [5.41, 5.74) is 5.47. The molecule has 2 heterocycles. The summed E-state index contributed by atoms with van der Waals surface area (Å²) in [5.74, 6) is -0.0905. The summed E-state index contributed by atoms with van der Waals surface area (Å²) >= 11 is 0. The van der Waals surface area contributed by atoms with Gasteiger partial charge in [0, 0.05) is 41.2 Å². The highest BCUT2D eigenvalue weighted by atomic mass is 16.2. The summed E-state index contributed by atoms with van der Waals surface area (Å²) in [7, 11) is 0. The SMILES string of the molecule is CC(Nc1ccc(N/C=C2\C(=O)Nc3ccccc32)cc1)c1cccnc1. The fraction of sp³-hybridized carbons (Fsp3) is 0.0909. The minimum atomic E-state index is -0.0905. The first kappa shape index (κ1) is 16.8. The third-order valence-electron chi connectivity index (χ3n) is 4.55. The van der Waals surface area contributed by atoms with Gasteiger partial charge in [-0.15, -0.1) is 0 Å². The monoisotopic (exact) mass is 356 g/mol. The molecule has 134 valence electrons. The van der Waals surface area contributed by atoms with E-state index in [1.165, 1.54) is 0 Å². The molecule has 4 rings (SSSR count). The molecule has 5 nitrogen and oxygen atoms in total. The Hall–Kier alpha value is -3.60. The normalized spacial score (nSPS) is 15.1. The van der Waals surface area contributed by atoms with E-state index in [2.05, 4.69) is 33.9 Å². The molecule has 1 aliphatic rings. The highest BCUT2D eigenvalue weighted by Crippen LogP contribution is 2.31. The van der Waals surface area contributed by atoms with E-state index in [9.17, 15) is 4.79 Å². The molecule has 0 saturated heterocycles. The lowest BCUT2D eigenvalue weighted by Gasteiger charge is -2.15. The summed E-state index contributed by atoms with van der Waals surface area (Å²) in [4.78, 5) is 16.3. The molecule has 2 aromatic carbocycles. The second-order valence-electron chi connectivity index (χ2n) is 6.43. The Kier molecular flexibility index (Phi) is 4.58. The molecule has 0 radical (unpaired) electrons. The van der Waals surface area contributed by atoms with Gasteiger partial charge in [-0.05, 0) is 48.9 Å². The van der Waals surface area contributed by atoms with Gasteiger partial charge in [0.25, 0.3) is 5.91 Å². The van der Waals surface area contributed by atoms with Crippen LogP contribution in [0.5, 0.6) is 0 Å². The summed E-state index contributed by atoms with van der Waals surface area (Å²) in [6.07, 6.45) is 5.39. The summed E-state index contributed by atoms with van der Waals surface area (Å²) in [6.45, 7) is 2.10. The molecule has 1 aliphatic heterocycles. The summed E-state index contributed by atoms with van der Waals surface area (Å²) in [6, 6.07) is 19.8. The molecule has 1 atom stereocenters. The van der Waals surface area contributed by atoms with Gasteiger partial charge in [-0.3, -0.25) is 9.78 Å². The molecule has 5 heteroatoms. The molecular weight excluding hydrogens is 336 g/mol. The maximum absolute atomic E-state index is 12.1. The van der Waals surface area contributed by atoms with Crippen LogP contribution in [-0.2, 0) is 4.79 Å². The van der Waals surface area contributed by atoms with E-state index < -0.39 is 0 Å². The molecule has 1 aromatic heterocycles. The van der Waals surface area contributed by atoms with Crippen LogP contribution in [0.15, 0.2) is 79.3 Å². The number of carbonyl (C=O) groups excluding carboxylic acids is 1. The van der Waals surface area contributed by atoms with E-state index in [0.29, 0.717) is 5.57 Å². The molecule has 3 N–H and O–H groups in total. The number of pyridine rings is 1. The number of rotatable bonds is 5. The van der Waals surface area contributed by atoms with Gasteiger partial charge in [0.05, 0.1) is 11.6 Å². The average Bonchev–Trinajstić information content (AvgIpc) is 3.03. The highest BCUT2D eigenvalue weighted by Gasteiger charge is 2.23. The minimum absolute atomic E-state index is 0.0905. The Balaban J connectivity index is 1.43. The van der Waals surface area contributed by atoms with Crippen LogP contribution in [0.4, 0.5) is 17.1 Å². The van der Waals surface area contributed by atoms with Gasteiger partial charge in [0.2, 0.25) is 0 Å². The first-order valence-corrected chi connectivity index (χ1v) is 8.85. The lowest BCUT2D eigenvalue weighted by Crippen LogP contribution is -2.07. The van der Waals surface area contributed by atoms with Crippen LogP contribution in [0.25, 0.3) is 5.57 Å². The molecule has 1 unspecified atom stereocenters. The maximum Gasteiger partial charge on any atom is 0.257 e. The van der Waals surface area contributed by atoms with Crippen molar-refractivity contribution in [2.45, 2.75) is 13.0 Å². The number of carbonyl (C=O) groups is 1. The number of fused-ring (bicyclic) bond motifs is 1. The summed E-state index contributed by atoms with van der Waals surface area (Å²) in [5, 5.41) is 9.53. The van der Waals surface area contributed by atoms with Crippen LogP contribution in [0.2, 0.25) is 0 Å². The summed E-state index contributed by atoms with van der Waals surface area (Å²) < 4.78 is 0. The number of hydrogen-bond donors (Lipinski definition) is 3. The van der Waals surface area contributed by atoms with Crippen molar-refractivity contribution >= 4 is 28.5 Å². The Morgan fingerprint density at radius 1 is 1.00 bits per heavy atom. The molecule has 0 saturated carbocycles. The standard InChI is InChI=1S/C22H20N4O/c1-15(16-5-4-12-23-13-16)25-18-10-8-17(9-11-18)24-14-20-19-6-2-3-7-21(19)26-22(20)27/h2-15,24-25H,1H3,(H,26,27)/b20-14-. The van der Waals surface area contributed by atoms with Crippen LogP contribution in [0.1, 0.15) is 24.1 Å². The van der Waals surface area contributed by atoms with E-state index in [0.717, 1.165) is 28.2 Å². The van der Waals surface area contributed by atoms with Crippen LogP contribution in [0.3, 0.4) is 0 Å². The zero-order chi connectivity index (χ0) is 18.6. The third kappa shape index (κ3) is 3.67. The number of nitrogens with one attached hydrogen (secondary N) is 3. The molecule has 0 fully saturated rings. The van der Waals surface area contributed by atoms with Gasteiger partial charge < -0.3 is 16.0 Å². The van der Waals surface area contributed by atoms with Crippen LogP contribution in [-0.4, -0.2) is 10.9 Å². The smallest absolute Gasteiger partial charge is 0.257 e. The van der Waals surface area contributed by atoms with E-state index in [-0.39, 0.29) is 11.9 Å². The Morgan fingerprint density at radius 2 is 1.78 bits per heavy atom. The highest BCUT2D eigenvalue weighted by molar-refractivity contribution is 6.31. The van der Waals surface area contributed by atoms with Crippen molar-refractivity contribution in [3.8, 4) is 0 Å². The van der Waals surface area contributed by atoms with Crippen molar-refractivity contribution in [2.24, 2.45) is 0 Å². The van der Waals surface area contributed by atoms with Crippen molar-refractivity contribution in [1.29, 1.82) is 0 Å². The molecule has 0 spiro atoms. The second-order valence-corrected chi connectivity index (χ2v) is 6.43. The van der Waals surface area contributed by atoms with E-state index in [4.69, 9.17) is 0 Å². The topological polar surface area (TPSA) is 66.0 Å². The maximum atomic E-state index is 12.1. The Bertz CT molecular complexity index is 981. The quantitative estimate of drug-likeness (QED) is 0.582. The van der Waals surface area contributed by atoms with Gasteiger partial charge >= 0.3 is 0 Å². The average molecular weight is 356 g/mol. The molecular formula is C22H20N4O. The molecule has 0 aliphatic carbocycles. The Morgan fingerprint density at radius 3 is 2.56 bits per heavy atom. The van der Waals surface area contributed by atoms with Crippen LogP contribution in [0, 0.1) is 0 Å².